The van der Waals surface area contributed by atoms with E-state index in [2.05, 4.69) is 10.6 Å². The van der Waals surface area contributed by atoms with Crippen molar-refractivity contribution in [1.82, 2.24) is 15.2 Å². The Morgan fingerprint density at radius 3 is 2.77 bits per heavy atom. The van der Waals surface area contributed by atoms with Crippen LogP contribution in [0.5, 0.6) is 0 Å². The third kappa shape index (κ3) is 3.17. The topological polar surface area (TPSA) is 83.4 Å². The molecule has 4 atom stereocenters. The molecule has 1 amide bonds. The Hall–Kier alpha value is -2.51. The minimum atomic E-state index is -0.461. The van der Waals surface area contributed by atoms with Crippen LogP contribution in [0.15, 0.2) is 41.2 Å². The fourth-order valence-electron chi connectivity index (χ4n) is 5.49. The molecule has 3 heterocycles. The number of aliphatic hydroxyl groups excluding tert-OH is 1. The van der Waals surface area contributed by atoms with Crippen molar-refractivity contribution in [3.63, 3.8) is 0 Å². The Bertz CT molecular complexity index is 1030. The molecule has 0 radical (unpaired) electrons. The third-order valence-corrected chi connectivity index (χ3v) is 7.02. The summed E-state index contributed by atoms with van der Waals surface area (Å²) in [5.41, 5.74) is 1.65. The average molecular weight is 411 g/mol. The van der Waals surface area contributed by atoms with E-state index in [1.165, 1.54) is 12.1 Å². The van der Waals surface area contributed by atoms with Crippen molar-refractivity contribution in [3.8, 4) is 11.1 Å². The Balaban J connectivity index is 1.42. The van der Waals surface area contributed by atoms with Crippen LogP contribution in [0.2, 0.25) is 0 Å². The maximum Gasteiger partial charge on any atom is 0.258 e. The molecule has 3 N–H and O–H groups in total. The molecule has 0 spiro atoms. The molecule has 7 heteroatoms. The van der Waals surface area contributed by atoms with Crippen LogP contribution in [0.25, 0.3) is 11.1 Å². The van der Waals surface area contributed by atoms with Gasteiger partial charge in [-0.2, -0.15) is 0 Å². The number of rotatable bonds is 4. The number of amides is 1. The molecule has 6 nitrogen and oxygen atoms in total. The summed E-state index contributed by atoms with van der Waals surface area (Å²) in [6.45, 7) is 0.323. The van der Waals surface area contributed by atoms with Gasteiger partial charge in [-0.25, -0.2) is 4.39 Å². The van der Waals surface area contributed by atoms with Crippen molar-refractivity contribution in [1.29, 1.82) is 0 Å². The lowest BCUT2D eigenvalue weighted by Crippen LogP contribution is -2.48. The van der Waals surface area contributed by atoms with Gasteiger partial charge in [0.05, 0.1) is 12.1 Å². The van der Waals surface area contributed by atoms with Gasteiger partial charge in [0.15, 0.2) is 0 Å². The minimum Gasteiger partial charge on any atom is -0.396 e. The molecular formula is C23H26FN3O3. The number of hydrogen-bond acceptors (Lipinski definition) is 4. The zero-order chi connectivity index (χ0) is 20.8. The fraction of sp³-hybridized carbons (Fsp3) is 0.478. The van der Waals surface area contributed by atoms with Crippen molar-refractivity contribution in [2.75, 3.05) is 6.61 Å². The number of fused-ring (bicyclic) bond motifs is 3. The summed E-state index contributed by atoms with van der Waals surface area (Å²) in [4.78, 5) is 26.0. The second kappa shape index (κ2) is 7.63. The van der Waals surface area contributed by atoms with Crippen LogP contribution in [0.4, 0.5) is 4.39 Å². The van der Waals surface area contributed by atoms with Crippen molar-refractivity contribution < 1.29 is 14.3 Å². The lowest BCUT2D eigenvalue weighted by Gasteiger charge is -2.23. The number of nitrogens with zero attached hydrogens (tertiary/aromatic N) is 1. The Kier molecular flexibility index (Phi) is 4.95. The SMILES string of the molecule is O=C(NC1CCCC1)[C@H]1N[C@H]2c3ccc(-c4cccc(F)c4)c(=O)n3C[C@H]2[C@@H]1CO. The van der Waals surface area contributed by atoms with Crippen molar-refractivity contribution in [3.05, 3.63) is 58.3 Å². The quantitative estimate of drug-likeness (QED) is 0.718. The molecule has 2 aliphatic heterocycles. The number of carbonyl (C=O) groups excluding carboxylic acids is 1. The van der Waals surface area contributed by atoms with Gasteiger partial charge in [-0.1, -0.05) is 25.0 Å². The number of carbonyl (C=O) groups is 1. The van der Waals surface area contributed by atoms with E-state index in [1.807, 2.05) is 6.07 Å². The van der Waals surface area contributed by atoms with Gasteiger partial charge < -0.3 is 15.0 Å². The third-order valence-electron chi connectivity index (χ3n) is 7.02. The molecule has 1 aromatic heterocycles. The number of hydrogen-bond donors (Lipinski definition) is 3. The van der Waals surface area contributed by atoms with Crippen LogP contribution in [-0.2, 0) is 11.3 Å². The highest BCUT2D eigenvalue weighted by molar-refractivity contribution is 5.83. The van der Waals surface area contributed by atoms with E-state index in [0.717, 1.165) is 31.4 Å². The van der Waals surface area contributed by atoms with E-state index in [9.17, 15) is 19.1 Å². The molecule has 158 valence electrons. The maximum atomic E-state index is 13.6. The summed E-state index contributed by atoms with van der Waals surface area (Å²) in [5.74, 6) is -0.730. The second-order valence-electron chi connectivity index (χ2n) is 8.72. The van der Waals surface area contributed by atoms with Gasteiger partial charge in [0, 0.05) is 42.3 Å². The first kappa shape index (κ1) is 19.5. The monoisotopic (exact) mass is 411 g/mol. The van der Waals surface area contributed by atoms with E-state index in [-0.39, 0.29) is 47.8 Å². The summed E-state index contributed by atoms with van der Waals surface area (Å²) in [6.07, 6.45) is 4.30. The summed E-state index contributed by atoms with van der Waals surface area (Å²) >= 11 is 0. The lowest BCUT2D eigenvalue weighted by atomic mass is 9.88. The van der Waals surface area contributed by atoms with Crippen LogP contribution in [-0.4, -0.2) is 34.3 Å². The summed E-state index contributed by atoms with van der Waals surface area (Å²) < 4.78 is 15.3. The lowest BCUT2D eigenvalue weighted by molar-refractivity contribution is -0.125. The molecule has 3 aliphatic rings. The van der Waals surface area contributed by atoms with E-state index in [0.29, 0.717) is 17.7 Å². The van der Waals surface area contributed by atoms with E-state index >= 15 is 0 Å². The largest absolute Gasteiger partial charge is 0.396 e. The van der Waals surface area contributed by atoms with Gasteiger partial charge in [0.1, 0.15) is 5.82 Å². The van der Waals surface area contributed by atoms with E-state index in [1.54, 1.807) is 22.8 Å². The molecular weight excluding hydrogens is 385 g/mol. The fourth-order valence-corrected chi connectivity index (χ4v) is 5.49. The highest BCUT2D eigenvalue weighted by Gasteiger charge is 2.50. The molecule has 1 aromatic carbocycles. The number of pyridine rings is 1. The van der Waals surface area contributed by atoms with Gasteiger partial charge >= 0.3 is 0 Å². The number of benzene rings is 1. The molecule has 2 aromatic rings. The number of aromatic nitrogens is 1. The predicted octanol–water partition coefficient (Wildman–Crippen LogP) is 1.96. The maximum absolute atomic E-state index is 13.6. The zero-order valence-electron chi connectivity index (χ0n) is 16.7. The predicted molar refractivity (Wildman–Crippen MR) is 110 cm³/mol. The first-order chi connectivity index (χ1) is 14.6. The molecule has 0 bridgehead atoms. The highest BCUT2D eigenvalue weighted by atomic mass is 19.1. The number of halogens is 1. The van der Waals surface area contributed by atoms with E-state index in [4.69, 9.17) is 0 Å². The molecule has 1 saturated heterocycles. The second-order valence-corrected chi connectivity index (χ2v) is 8.72. The summed E-state index contributed by atoms with van der Waals surface area (Å²) in [5, 5.41) is 16.6. The normalized spacial score (nSPS) is 27.8. The number of nitrogens with one attached hydrogen (secondary N) is 2. The van der Waals surface area contributed by atoms with Gasteiger partial charge in [-0.3, -0.25) is 14.9 Å². The minimum absolute atomic E-state index is 0.0372. The molecule has 1 saturated carbocycles. The molecule has 0 unspecified atom stereocenters. The molecule has 5 rings (SSSR count). The van der Waals surface area contributed by atoms with Gasteiger partial charge in [-0.05, 0) is 42.7 Å². The van der Waals surface area contributed by atoms with Crippen LogP contribution in [0.3, 0.4) is 0 Å². The first-order valence-corrected chi connectivity index (χ1v) is 10.7. The van der Waals surface area contributed by atoms with Crippen molar-refractivity contribution in [2.45, 2.75) is 50.4 Å². The molecule has 30 heavy (non-hydrogen) atoms. The van der Waals surface area contributed by atoms with Gasteiger partial charge in [0.2, 0.25) is 5.91 Å². The number of aliphatic hydroxyl groups is 1. The van der Waals surface area contributed by atoms with Gasteiger partial charge in [-0.15, -0.1) is 0 Å². The van der Waals surface area contributed by atoms with Crippen LogP contribution in [0, 0.1) is 17.7 Å². The molecule has 1 aliphatic carbocycles. The average Bonchev–Trinajstić information content (AvgIpc) is 3.44. The smallest absolute Gasteiger partial charge is 0.258 e. The first-order valence-electron chi connectivity index (χ1n) is 10.7. The standard InChI is InChI=1S/C23H26FN3O3/c24-14-5-3-4-13(10-14)16-8-9-19-20-17(11-27(19)23(16)30)18(12-28)21(26-20)22(29)25-15-6-1-2-7-15/h3-5,8-10,15,17-18,20-21,26,28H,1-2,6-7,11-12H2,(H,25,29)/t17-,18-,20+,21-/m0/s1. The van der Waals surface area contributed by atoms with Crippen LogP contribution >= 0.6 is 0 Å². The van der Waals surface area contributed by atoms with Gasteiger partial charge in [0.25, 0.3) is 5.56 Å². The highest BCUT2D eigenvalue weighted by Crippen LogP contribution is 2.43. The van der Waals surface area contributed by atoms with Crippen molar-refractivity contribution in [2.24, 2.45) is 11.8 Å². The Morgan fingerprint density at radius 1 is 1.23 bits per heavy atom. The van der Waals surface area contributed by atoms with Crippen LogP contribution in [0.1, 0.15) is 37.4 Å². The Morgan fingerprint density at radius 2 is 2.03 bits per heavy atom. The van der Waals surface area contributed by atoms with Crippen LogP contribution < -0.4 is 16.2 Å². The van der Waals surface area contributed by atoms with Crippen molar-refractivity contribution >= 4 is 5.91 Å². The van der Waals surface area contributed by atoms with E-state index < -0.39 is 6.04 Å². The summed E-state index contributed by atoms with van der Waals surface area (Å²) in [6, 6.07) is 9.24. The molecule has 2 fully saturated rings. The summed E-state index contributed by atoms with van der Waals surface area (Å²) in [7, 11) is 0. The Labute approximate surface area is 174 Å². The zero-order valence-corrected chi connectivity index (χ0v) is 16.7.